The van der Waals surface area contributed by atoms with E-state index in [1.54, 1.807) is 6.92 Å². The predicted molar refractivity (Wildman–Crippen MR) is 112 cm³/mol. The third kappa shape index (κ3) is 5.35. The Morgan fingerprint density at radius 2 is 1.83 bits per heavy atom. The molecule has 0 radical (unpaired) electrons. The minimum Gasteiger partial charge on any atom is -0.469 e. The van der Waals surface area contributed by atoms with Gasteiger partial charge in [-0.15, -0.1) is 0 Å². The van der Waals surface area contributed by atoms with E-state index in [-0.39, 0.29) is 11.2 Å². The van der Waals surface area contributed by atoms with Crippen molar-refractivity contribution in [1.29, 1.82) is 0 Å². The Kier molecular flexibility index (Phi) is 7.39. The molecule has 29 heavy (non-hydrogen) atoms. The first-order valence-corrected chi connectivity index (χ1v) is 9.59. The van der Waals surface area contributed by atoms with Gasteiger partial charge in [0, 0.05) is 17.8 Å². The van der Waals surface area contributed by atoms with E-state index in [4.69, 9.17) is 4.42 Å². The van der Waals surface area contributed by atoms with Crippen molar-refractivity contribution in [3.05, 3.63) is 47.7 Å². The first-order chi connectivity index (χ1) is 13.7. The van der Waals surface area contributed by atoms with Gasteiger partial charge >= 0.3 is 6.03 Å². The lowest BCUT2D eigenvalue weighted by molar-refractivity contribution is 0.102. The van der Waals surface area contributed by atoms with Crippen molar-refractivity contribution < 1.29 is 18.4 Å². The van der Waals surface area contributed by atoms with Crippen LogP contribution in [-0.4, -0.2) is 43.0 Å². The Hall–Kier alpha value is -2.87. The van der Waals surface area contributed by atoms with Crippen molar-refractivity contribution in [3.8, 4) is 0 Å². The summed E-state index contributed by atoms with van der Waals surface area (Å²) >= 11 is 0. The summed E-state index contributed by atoms with van der Waals surface area (Å²) in [4.78, 5) is 26.7. The molecule has 0 spiro atoms. The van der Waals surface area contributed by atoms with E-state index in [0.717, 1.165) is 12.8 Å². The molecule has 3 N–H and O–H groups in total. The average Bonchev–Trinajstić information content (AvgIpc) is 3.11. The Bertz CT molecular complexity index is 859. The van der Waals surface area contributed by atoms with Crippen LogP contribution in [0.25, 0.3) is 0 Å². The van der Waals surface area contributed by atoms with Crippen molar-refractivity contribution in [1.82, 2.24) is 10.2 Å². The number of furan rings is 1. The van der Waals surface area contributed by atoms with Gasteiger partial charge in [-0.25, -0.2) is 9.18 Å². The van der Waals surface area contributed by atoms with Gasteiger partial charge in [-0.2, -0.15) is 0 Å². The Morgan fingerprint density at radius 3 is 2.38 bits per heavy atom. The number of hydrogen-bond acceptors (Lipinski definition) is 4. The highest BCUT2D eigenvalue weighted by Gasteiger charge is 2.29. The van der Waals surface area contributed by atoms with Crippen molar-refractivity contribution >= 4 is 23.3 Å². The zero-order chi connectivity index (χ0) is 21.6. The fourth-order valence-electron chi connectivity index (χ4n) is 3.22. The number of rotatable bonds is 8. The first-order valence-electron chi connectivity index (χ1n) is 9.59. The maximum Gasteiger partial charge on any atom is 0.319 e. The van der Waals surface area contributed by atoms with Crippen molar-refractivity contribution in [3.63, 3.8) is 0 Å². The number of anilines is 2. The maximum absolute atomic E-state index is 14.1. The van der Waals surface area contributed by atoms with Gasteiger partial charge < -0.3 is 25.3 Å². The Balaban J connectivity index is 2.04. The molecule has 0 saturated carbocycles. The van der Waals surface area contributed by atoms with Gasteiger partial charge in [0.1, 0.15) is 11.6 Å². The molecule has 158 valence electrons. The molecule has 0 aliphatic heterocycles. The summed E-state index contributed by atoms with van der Waals surface area (Å²) in [5, 5.41) is 8.06. The molecule has 3 amide bonds. The molecule has 0 aliphatic rings. The highest BCUT2D eigenvalue weighted by atomic mass is 19.1. The van der Waals surface area contributed by atoms with Crippen LogP contribution >= 0.6 is 0 Å². The number of carbonyl (C=O) groups excluding carboxylic acids is 2. The van der Waals surface area contributed by atoms with E-state index < -0.39 is 17.8 Å². The molecule has 0 atom stereocenters. The number of likely N-dealkylation sites (N-methyl/N-ethyl adjacent to an activating group) is 1. The SMILES string of the molecule is CCC(CC)(CNC(=O)Nc1ccc(F)c(NC(=O)c2ccoc2C)c1)N(C)C. The molecule has 2 aromatic rings. The molecule has 1 heterocycles. The third-order valence-electron chi connectivity index (χ3n) is 5.42. The fourth-order valence-corrected chi connectivity index (χ4v) is 3.22. The molecule has 1 aromatic heterocycles. The molecule has 0 bridgehead atoms. The minimum atomic E-state index is -0.603. The Labute approximate surface area is 170 Å². The highest BCUT2D eigenvalue weighted by Crippen LogP contribution is 2.22. The van der Waals surface area contributed by atoms with Crippen LogP contribution in [-0.2, 0) is 0 Å². The van der Waals surface area contributed by atoms with Crippen LogP contribution in [0.15, 0.2) is 34.9 Å². The quantitative estimate of drug-likeness (QED) is 0.615. The number of urea groups is 1. The van der Waals surface area contributed by atoms with E-state index >= 15 is 0 Å². The fraction of sp³-hybridized carbons (Fsp3) is 0.429. The standard InChI is InChI=1S/C21H29FN4O3/c1-6-21(7-2,26(4)5)13-23-20(28)24-15-8-9-17(22)18(12-15)25-19(27)16-10-11-29-14(16)3/h8-12H,6-7,13H2,1-5H3,(H,25,27)(H2,23,24,28). The van der Waals surface area contributed by atoms with E-state index in [1.807, 2.05) is 14.1 Å². The van der Waals surface area contributed by atoms with Crippen molar-refractivity contribution in [2.45, 2.75) is 39.2 Å². The highest BCUT2D eigenvalue weighted by molar-refractivity contribution is 6.05. The molecule has 1 aromatic carbocycles. The summed E-state index contributed by atoms with van der Waals surface area (Å²) in [6, 6.07) is 5.12. The molecular formula is C21H29FN4O3. The van der Waals surface area contributed by atoms with Gasteiger partial charge in [0.25, 0.3) is 5.91 Å². The van der Waals surface area contributed by atoms with E-state index in [0.29, 0.717) is 23.6 Å². The Morgan fingerprint density at radius 1 is 1.14 bits per heavy atom. The number of nitrogens with zero attached hydrogens (tertiary/aromatic N) is 1. The zero-order valence-corrected chi connectivity index (χ0v) is 17.6. The predicted octanol–water partition coefficient (Wildman–Crippen LogP) is 4.22. The number of amides is 3. The minimum absolute atomic E-state index is 0.0295. The second kappa shape index (κ2) is 9.56. The molecular weight excluding hydrogens is 375 g/mol. The summed E-state index contributed by atoms with van der Waals surface area (Å²) in [6.45, 7) is 6.29. The van der Waals surface area contributed by atoms with E-state index in [1.165, 1.54) is 30.5 Å². The smallest absolute Gasteiger partial charge is 0.319 e. The van der Waals surface area contributed by atoms with Gasteiger partial charge in [-0.3, -0.25) is 4.79 Å². The number of halogens is 1. The van der Waals surface area contributed by atoms with Crippen LogP contribution in [0.3, 0.4) is 0 Å². The lowest BCUT2D eigenvalue weighted by atomic mass is 9.91. The van der Waals surface area contributed by atoms with Crippen LogP contribution in [0.5, 0.6) is 0 Å². The van der Waals surface area contributed by atoms with Gasteiger partial charge in [-0.05, 0) is 58.1 Å². The lowest BCUT2D eigenvalue weighted by Gasteiger charge is -2.38. The van der Waals surface area contributed by atoms with Crippen molar-refractivity contribution in [2.75, 3.05) is 31.3 Å². The summed E-state index contributed by atoms with van der Waals surface area (Å²) in [6.07, 6.45) is 3.16. The summed E-state index contributed by atoms with van der Waals surface area (Å²) in [5.74, 6) is -0.653. The van der Waals surface area contributed by atoms with Gasteiger partial charge in [0.05, 0.1) is 17.5 Å². The van der Waals surface area contributed by atoms with Gasteiger partial charge in [0.2, 0.25) is 0 Å². The second-order valence-corrected chi connectivity index (χ2v) is 7.17. The molecule has 0 fully saturated rings. The number of nitrogens with one attached hydrogen (secondary N) is 3. The third-order valence-corrected chi connectivity index (χ3v) is 5.42. The molecule has 8 heteroatoms. The second-order valence-electron chi connectivity index (χ2n) is 7.17. The zero-order valence-electron chi connectivity index (χ0n) is 17.6. The van der Waals surface area contributed by atoms with Gasteiger partial charge in [0.15, 0.2) is 0 Å². The van der Waals surface area contributed by atoms with Crippen LogP contribution in [0.4, 0.5) is 20.6 Å². The molecule has 7 nitrogen and oxygen atoms in total. The molecule has 0 saturated heterocycles. The van der Waals surface area contributed by atoms with Crippen LogP contribution in [0.1, 0.15) is 42.8 Å². The largest absolute Gasteiger partial charge is 0.469 e. The maximum atomic E-state index is 14.1. The number of benzene rings is 1. The summed E-state index contributed by atoms with van der Waals surface area (Å²) in [7, 11) is 3.98. The average molecular weight is 404 g/mol. The number of aryl methyl sites for hydroxylation is 1. The number of hydrogen-bond donors (Lipinski definition) is 3. The molecule has 0 unspecified atom stereocenters. The van der Waals surface area contributed by atoms with E-state index in [9.17, 15) is 14.0 Å². The van der Waals surface area contributed by atoms with Crippen LogP contribution < -0.4 is 16.0 Å². The first kappa shape index (κ1) is 22.4. The van der Waals surface area contributed by atoms with E-state index in [2.05, 4.69) is 34.7 Å². The number of carbonyl (C=O) groups is 2. The lowest BCUT2D eigenvalue weighted by Crippen LogP contribution is -2.52. The van der Waals surface area contributed by atoms with Gasteiger partial charge in [-0.1, -0.05) is 13.8 Å². The summed E-state index contributed by atoms with van der Waals surface area (Å²) < 4.78 is 19.2. The summed E-state index contributed by atoms with van der Waals surface area (Å²) in [5.41, 5.74) is 0.520. The van der Waals surface area contributed by atoms with Crippen LogP contribution in [0.2, 0.25) is 0 Å². The molecule has 0 aliphatic carbocycles. The van der Waals surface area contributed by atoms with Crippen molar-refractivity contribution in [2.24, 2.45) is 0 Å². The topological polar surface area (TPSA) is 86.6 Å². The van der Waals surface area contributed by atoms with Crippen LogP contribution in [0, 0.1) is 12.7 Å². The monoisotopic (exact) mass is 404 g/mol. The normalized spacial score (nSPS) is 11.4. The molecule has 2 rings (SSSR count).